The van der Waals surface area contributed by atoms with Crippen LogP contribution in [0.15, 0.2) is 18.2 Å². The van der Waals surface area contributed by atoms with Crippen molar-refractivity contribution in [2.45, 2.75) is 19.4 Å². The number of carbonyl (C=O) groups is 1. The molecule has 7 heteroatoms. The molecule has 1 aromatic rings. The Morgan fingerprint density at radius 2 is 2.04 bits per heavy atom. The summed E-state index contributed by atoms with van der Waals surface area (Å²) in [5, 5.41) is 14.6. The third kappa shape index (κ3) is 3.20. The molecule has 1 atom stereocenters. The molecule has 1 N–H and O–H groups in total. The summed E-state index contributed by atoms with van der Waals surface area (Å²) in [7, 11) is 0. The number of para-hydroxylation sites is 1. The van der Waals surface area contributed by atoms with Gasteiger partial charge < -0.3 is 10.2 Å². The van der Waals surface area contributed by atoms with Crippen molar-refractivity contribution in [3.63, 3.8) is 0 Å². The average Bonchev–Trinajstić information content (AvgIpc) is 3.08. The average molecular weight is 318 g/mol. The third-order valence-corrected chi connectivity index (χ3v) is 4.80. The Morgan fingerprint density at radius 1 is 1.30 bits per heavy atom. The van der Waals surface area contributed by atoms with Crippen LogP contribution in [-0.2, 0) is 0 Å². The number of rotatable bonds is 3. The lowest BCUT2D eigenvalue weighted by Gasteiger charge is -2.37. The lowest BCUT2D eigenvalue weighted by atomic mass is 10.1. The minimum atomic E-state index is -0.455. The van der Waals surface area contributed by atoms with Gasteiger partial charge in [-0.1, -0.05) is 12.1 Å². The molecular weight excluding hydrogens is 296 g/mol. The molecule has 3 rings (SSSR count). The summed E-state index contributed by atoms with van der Waals surface area (Å²) in [5.41, 5.74) is 0.655. The van der Waals surface area contributed by atoms with Crippen LogP contribution in [0.2, 0.25) is 0 Å². The van der Waals surface area contributed by atoms with Crippen molar-refractivity contribution in [1.82, 2.24) is 15.1 Å². The van der Waals surface area contributed by atoms with Crippen molar-refractivity contribution < 1.29 is 9.72 Å². The fourth-order valence-electron chi connectivity index (χ4n) is 3.49. The maximum absolute atomic E-state index is 12.7. The Labute approximate surface area is 135 Å². The topological polar surface area (TPSA) is 78.7 Å². The van der Waals surface area contributed by atoms with Gasteiger partial charge in [-0.15, -0.1) is 0 Å². The van der Waals surface area contributed by atoms with Crippen molar-refractivity contribution in [3.8, 4) is 0 Å². The molecule has 2 fully saturated rings. The predicted molar refractivity (Wildman–Crippen MR) is 86.6 cm³/mol. The molecule has 0 radical (unpaired) electrons. The van der Waals surface area contributed by atoms with E-state index in [0.717, 1.165) is 32.6 Å². The van der Waals surface area contributed by atoms with Crippen molar-refractivity contribution in [2.75, 3.05) is 39.3 Å². The van der Waals surface area contributed by atoms with E-state index in [2.05, 4.69) is 10.2 Å². The zero-order valence-electron chi connectivity index (χ0n) is 13.3. The van der Waals surface area contributed by atoms with Gasteiger partial charge in [-0.25, -0.2) is 0 Å². The number of aryl methyl sites for hydroxylation is 1. The number of carbonyl (C=O) groups excluding carboxylic acids is 1. The third-order valence-electron chi connectivity index (χ3n) is 4.80. The van der Waals surface area contributed by atoms with E-state index in [-0.39, 0.29) is 17.2 Å². The van der Waals surface area contributed by atoms with Gasteiger partial charge in [0.05, 0.1) is 4.92 Å². The molecular formula is C16H22N4O3. The largest absolute Gasteiger partial charge is 0.336 e. The fourth-order valence-corrected chi connectivity index (χ4v) is 3.49. The van der Waals surface area contributed by atoms with Gasteiger partial charge in [-0.3, -0.25) is 19.8 Å². The minimum absolute atomic E-state index is 0.0695. The summed E-state index contributed by atoms with van der Waals surface area (Å²) < 4.78 is 0. The number of amides is 1. The SMILES string of the molecule is Cc1cccc(C(=O)N2CCN(C3CCNC3)CC2)c1[N+](=O)[O-]. The molecule has 0 aromatic heterocycles. The number of nitrogens with one attached hydrogen (secondary N) is 1. The molecule has 124 valence electrons. The summed E-state index contributed by atoms with van der Waals surface area (Å²) in [6.07, 6.45) is 1.15. The second-order valence-corrected chi connectivity index (χ2v) is 6.20. The first-order valence-corrected chi connectivity index (χ1v) is 8.06. The zero-order chi connectivity index (χ0) is 16.4. The molecule has 0 spiro atoms. The van der Waals surface area contributed by atoms with Crippen molar-refractivity contribution in [2.24, 2.45) is 0 Å². The Morgan fingerprint density at radius 3 is 2.65 bits per heavy atom. The smallest absolute Gasteiger partial charge is 0.285 e. The quantitative estimate of drug-likeness (QED) is 0.665. The van der Waals surface area contributed by atoms with Crippen LogP contribution in [0.25, 0.3) is 0 Å². The van der Waals surface area contributed by atoms with E-state index in [1.807, 2.05) is 0 Å². The van der Waals surface area contributed by atoms with E-state index >= 15 is 0 Å². The number of piperazine rings is 1. The molecule has 1 unspecified atom stereocenters. The van der Waals surface area contributed by atoms with Gasteiger partial charge in [-0.2, -0.15) is 0 Å². The van der Waals surface area contributed by atoms with E-state index in [1.54, 1.807) is 30.0 Å². The van der Waals surface area contributed by atoms with Crippen LogP contribution < -0.4 is 5.32 Å². The van der Waals surface area contributed by atoms with Crippen LogP contribution in [0.4, 0.5) is 5.69 Å². The molecule has 1 aromatic carbocycles. The van der Waals surface area contributed by atoms with Crippen molar-refractivity contribution in [1.29, 1.82) is 0 Å². The first-order valence-electron chi connectivity index (χ1n) is 8.06. The first-order chi connectivity index (χ1) is 11.1. The lowest BCUT2D eigenvalue weighted by molar-refractivity contribution is -0.385. The molecule has 0 aliphatic carbocycles. The van der Waals surface area contributed by atoms with Crippen LogP contribution >= 0.6 is 0 Å². The van der Waals surface area contributed by atoms with Crippen LogP contribution in [0.5, 0.6) is 0 Å². The van der Waals surface area contributed by atoms with Gasteiger partial charge >= 0.3 is 0 Å². The highest BCUT2D eigenvalue weighted by Gasteiger charge is 2.31. The molecule has 2 saturated heterocycles. The number of hydrogen-bond acceptors (Lipinski definition) is 5. The van der Waals surface area contributed by atoms with E-state index in [4.69, 9.17) is 0 Å². The van der Waals surface area contributed by atoms with Gasteiger partial charge in [0.2, 0.25) is 0 Å². The Hall–Kier alpha value is -1.99. The van der Waals surface area contributed by atoms with Gasteiger partial charge in [0, 0.05) is 44.3 Å². The summed E-state index contributed by atoms with van der Waals surface area (Å²) in [4.78, 5) is 27.7. The Balaban J connectivity index is 1.70. The summed E-state index contributed by atoms with van der Waals surface area (Å²) in [6.45, 7) is 6.65. The number of nitro groups is 1. The van der Waals surface area contributed by atoms with E-state index in [1.165, 1.54) is 0 Å². The van der Waals surface area contributed by atoms with Gasteiger partial charge in [-0.05, 0) is 26.0 Å². The highest BCUT2D eigenvalue weighted by atomic mass is 16.6. The minimum Gasteiger partial charge on any atom is -0.336 e. The molecule has 2 heterocycles. The van der Waals surface area contributed by atoms with Crippen molar-refractivity contribution >= 4 is 11.6 Å². The van der Waals surface area contributed by atoms with Crippen LogP contribution in [0, 0.1) is 17.0 Å². The van der Waals surface area contributed by atoms with E-state index in [0.29, 0.717) is 24.7 Å². The Bertz CT molecular complexity index is 605. The Kier molecular flexibility index (Phi) is 4.58. The molecule has 0 saturated carbocycles. The highest BCUT2D eigenvalue weighted by Crippen LogP contribution is 2.25. The highest BCUT2D eigenvalue weighted by molar-refractivity contribution is 5.98. The molecule has 2 aliphatic heterocycles. The lowest BCUT2D eigenvalue weighted by Crippen LogP contribution is -2.52. The number of hydrogen-bond donors (Lipinski definition) is 1. The second-order valence-electron chi connectivity index (χ2n) is 6.20. The number of benzene rings is 1. The number of nitrogens with zero attached hydrogens (tertiary/aromatic N) is 3. The summed E-state index contributed by atoms with van der Waals surface area (Å²) in [6, 6.07) is 5.48. The van der Waals surface area contributed by atoms with E-state index in [9.17, 15) is 14.9 Å². The van der Waals surface area contributed by atoms with E-state index < -0.39 is 4.92 Å². The zero-order valence-corrected chi connectivity index (χ0v) is 13.3. The predicted octanol–water partition coefficient (Wildman–Crippen LogP) is 1.02. The molecule has 7 nitrogen and oxygen atoms in total. The van der Waals surface area contributed by atoms with Gasteiger partial charge in [0.1, 0.15) is 5.56 Å². The fraction of sp³-hybridized carbons (Fsp3) is 0.562. The molecule has 0 bridgehead atoms. The second kappa shape index (κ2) is 6.64. The maximum atomic E-state index is 12.7. The first kappa shape index (κ1) is 15.9. The van der Waals surface area contributed by atoms with Gasteiger partial charge in [0.25, 0.3) is 11.6 Å². The molecule has 23 heavy (non-hydrogen) atoms. The summed E-state index contributed by atoms with van der Waals surface area (Å²) >= 11 is 0. The van der Waals surface area contributed by atoms with Gasteiger partial charge in [0.15, 0.2) is 0 Å². The van der Waals surface area contributed by atoms with Crippen LogP contribution in [-0.4, -0.2) is 65.9 Å². The molecule has 1 amide bonds. The maximum Gasteiger partial charge on any atom is 0.285 e. The van der Waals surface area contributed by atoms with Crippen LogP contribution in [0.1, 0.15) is 22.3 Å². The molecule has 2 aliphatic rings. The summed E-state index contributed by atoms with van der Waals surface area (Å²) in [5.74, 6) is -0.232. The standard InChI is InChI=1S/C16H22N4O3/c1-12-3-2-4-14(15(12)20(22)23)16(21)19-9-7-18(8-10-19)13-5-6-17-11-13/h2-4,13,17H,5-11H2,1H3. The van der Waals surface area contributed by atoms with Crippen molar-refractivity contribution in [3.05, 3.63) is 39.4 Å². The normalized spacial score (nSPS) is 22.3. The van der Waals surface area contributed by atoms with Crippen LogP contribution in [0.3, 0.4) is 0 Å². The number of nitro benzene ring substituents is 1. The monoisotopic (exact) mass is 318 g/mol.